The predicted molar refractivity (Wildman–Crippen MR) is 101 cm³/mol. The Bertz CT molecular complexity index is 860. The second kappa shape index (κ2) is 8.99. The first kappa shape index (κ1) is 18.7. The Hall–Kier alpha value is -2.66. The van der Waals surface area contributed by atoms with E-state index in [1.54, 1.807) is 12.5 Å². The van der Waals surface area contributed by atoms with E-state index in [4.69, 9.17) is 4.84 Å². The number of halogens is 1. The van der Waals surface area contributed by atoms with Crippen LogP contribution in [-0.2, 0) is 16.2 Å². The molecule has 0 spiro atoms. The predicted octanol–water partition coefficient (Wildman–Crippen LogP) is 4.21. The molecule has 5 nitrogen and oxygen atoms in total. The summed E-state index contributed by atoms with van der Waals surface area (Å²) in [6, 6.07) is 14.2. The second-order valence-electron chi connectivity index (χ2n) is 5.55. The molecule has 1 heterocycles. The highest BCUT2D eigenvalue weighted by Crippen LogP contribution is 2.17. The summed E-state index contributed by atoms with van der Waals surface area (Å²) in [6.07, 6.45) is 6.37. The van der Waals surface area contributed by atoms with Crippen LogP contribution < -0.4 is 0 Å². The molecular formula is C19H20ClN3O2. The Morgan fingerprint density at radius 2 is 2.00 bits per heavy atom. The van der Waals surface area contributed by atoms with Crippen molar-refractivity contribution in [2.24, 2.45) is 5.16 Å². The number of hydrogen-bond donors (Lipinski definition) is 0. The van der Waals surface area contributed by atoms with Crippen LogP contribution in [0.5, 0.6) is 0 Å². The maximum absolute atomic E-state index is 11.6. The summed E-state index contributed by atoms with van der Waals surface area (Å²) < 4.78 is 1.89. The summed E-state index contributed by atoms with van der Waals surface area (Å²) in [4.78, 5) is 20.8. The summed E-state index contributed by atoms with van der Waals surface area (Å²) in [7, 11) is 0. The standard InChI is InChI=1S/C19H19N3O2.ClH/c1-2-5-19(23)24-21-18(13-22-11-10-20-14-22)17-9-8-15-6-3-4-7-16(15)12-17;/h3-4,6-12,14H,2,5,13H2,1H3;1H/b21-18-;. The zero-order valence-electron chi connectivity index (χ0n) is 14.0. The van der Waals surface area contributed by atoms with Crippen LogP contribution in [0.4, 0.5) is 0 Å². The number of aromatic nitrogens is 2. The maximum atomic E-state index is 11.6. The van der Waals surface area contributed by atoms with Crippen molar-refractivity contribution in [1.29, 1.82) is 0 Å². The highest BCUT2D eigenvalue weighted by molar-refractivity contribution is 6.03. The molecule has 6 heteroatoms. The van der Waals surface area contributed by atoms with Gasteiger partial charge in [0.2, 0.25) is 0 Å². The Morgan fingerprint density at radius 3 is 2.72 bits per heavy atom. The fraction of sp³-hybridized carbons (Fsp3) is 0.211. The molecule has 0 fully saturated rings. The number of carbonyl (C=O) groups is 1. The SMILES string of the molecule is CCCC(=O)O/N=C(/Cn1ccnc1)c1ccc2ccccc2c1.Cl. The molecule has 25 heavy (non-hydrogen) atoms. The van der Waals surface area contributed by atoms with Crippen LogP contribution in [0.2, 0.25) is 0 Å². The molecule has 0 aliphatic rings. The molecule has 0 radical (unpaired) electrons. The van der Waals surface area contributed by atoms with E-state index in [0.29, 0.717) is 18.7 Å². The largest absolute Gasteiger partial charge is 0.335 e. The van der Waals surface area contributed by atoms with Gasteiger partial charge in [0, 0.05) is 24.4 Å². The fourth-order valence-corrected chi connectivity index (χ4v) is 2.45. The topological polar surface area (TPSA) is 56.5 Å². The number of imidazole rings is 1. The first-order valence-corrected chi connectivity index (χ1v) is 7.98. The van der Waals surface area contributed by atoms with Gasteiger partial charge in [-0.05, 0) is 23.3 Å². The van der Waals surface area contributed by atoms with Crippen LogP contribution in [-0.4, -0.2) is 21.2 Å². The van der Waals surface area contributed by atoms with E-state index in [9.17, 15) is 4.79 Å². The third-order valence-electron chi connectivity index (χ3n) is 3.69. The van der Waals surface area contributed by atoms with E-state index in [1.165, 1.54) is 0 Å². The van der Waals surface area contributed by atoms with Crippen molar-refractivity contribution in [3.8, 4) is 0 Å². The minimum absolute atomic E-state index is 0. The number of carbonyl (C=O) groups excluding carboxylic acids is 1. The molecule has 130 valence electrons. The van der Waals surface area contributed by atoms with Crippen LogP contribution in [0.15, 0.2) is 66.3 Å². The quantitative estimate of drug-likeness (QED) is 0.377. The van der Waals surface area contributed by atoms with Crippen molar-refractivity contribution in [2.45, 2.75) is 26.3 Å². The van der Waals surface area contributed by atoms with E-state index >= 15 is 0 Å². The van der Waals surface area contributed by atoms with Gasteiger partial charge < -0.3 is 9.40 Å². The molecule has 0 saturated carbocycles. The van der Waals surface area contributed by atoms with Crippen LogP contribution >= 0.6 is 12.4 Å². The molecule has 2 aromatic carbocycles. The van der Waals surface area contributed by atoms with Crippen LogP contribution in [0.3, 0.4) is 0 Å². The van der Waals surface area contributed by atoms with Gasteiger partial charge in [0.1, 0.15) is 5.71 Å². The molecule has 1 aromatic heterocycles. The molecule has 0 saturated heterocycles. The molecule has 0 unspecified atom stereocenters. The van der Waals surface area contributed by atoms with Gasteiger partial charge in [-0.25, -0.2) is 9.78 Å². The van der Waals surface area contributed by atoms with E-state index in [-0.39, 0.29) is 18.4 Å². The first-order chi connectivity index (χ1) is 11.8. The molecule has 0 N–H and O–H groups in total. The van der Waals surface area contributed by atoms with Crippen LogP contribution in [0.25, 0.3) is 10.8 Å². The lowest BCUT2D eigenvalue weighted by molar-refractivity contribution is -0.143. The molecule has 0 bridgehead atoms. The molecule has 0 atom stereocenters. The lowest BCUT2D eigenvalue weighted by atomic mass is 10.0. The third kappa shape index (κ3) is 4.90. The van der Waals surface area contributed by atoms with Gasteiger partial charge in [0.15, 0.2) is 0 Å². The van der Waals surface area contributed by atoms with Crippen molar-refractivity contribution in [3.63, 3.8) is 0 Å². The lowest BCUT2D eigenvalue weighted by Crippen LogP contribution is -2.12. The maximum Gasteiger partial charge on any atom is 0.335 e. The highest BCUT2D eigenvalue weighted by Gasteiger charge is 2.09. The van der Waals surface area contributed by atoms with Gasteiger partial charge in [-0.15, -0.1) is 12.4 Å². The Labute approximate surface area is 152 Å². The van der Waals surface area contributed by atoms with E-state index < -0.39 is 0 Å². The number of rotatable bonds is 6. The van der Waals surface area contributed by atoms with Gasteiger partial charge in [-0.2, -0.15) is 0 Å². The normalized spacial score (nSPS) is 11.2. The summed E-state index contributed by atoms with van der Waals surface area (Å²) in [5.74, 6) is -0.318. The number of hydrogen-bond acceptors (Lipinski definition) is 4. The van der Waals surface area contributed by atoms with Crippen molar-refractivity contribution >= 4 is 34.9 Å². The van der Waals surface area contributed by atoms with Gasteiger partial charge >= 0.3 is 5.97 Å². The summed E-state index contributed by atoms with van der Waals surface area (Å²) in [5, 5.41) is 6.39. The number of oxime groups is 1. The van der Waals surface area contributed by atoms with E-state index in [1.807, 2.05) is 42.0 Å². The van der Waals surface area contributed by atoms with Crippen molar-refractivity contribution in [3.05, 3.63) is 66.7 Å². The second-order valence-corrected chi connectivity index (χ2v) is 5.55. The van der Waals surface area contributed by atoms with Crippen LogP contribution in [0.1, 0.15) is 25.3 Å². The molecule has 3 aromatic rings. The Balaban J connectivity index is 0.00000225. The van der Waals surface area contributed by atoms with Gasteiger partial charge in [-0.1, -0.05) is 48.5 Å². The summed E-state index contributed by atoms with van der Waals surface area (Å²) >= 11 is 0. The monoisotopic (exact) mass is 357 g/mol. The molecule has 0 aliphatic heterocycles. The van der Waals surface area contributed by atoms with Crippen molar-refractivity contribution in [2.75, 3.05) is 0 Å². The van der Waals surface area contributed by atoms with Crippen molar-refractivity contribution in [1.82, 2.24) is 9.55 Å². The van der Waals surface area contributed by atoms with Crippen LogP contribution in [0, 0.1) is 0 Å². The zero-order chi connectivity index (χ0) is 16.8. The average molecular weight is 358 g/mol. The van der Waals surface area contributed by atoms with Gasteiger partial charge in [0.25, 0.3) is 0 Å². The van der Waals surface area contributed by atoms with Crippen molar-refractivity contribution < 1.29 is 9.63 Å². The first-order valence-electron chi connectivity index (χ1n) is 7.98. The number of nitrogens with zero attached hydrogens (tertiary/aromatic N) is 3. The molecule has 3 rings (SSSR count). The lowest BCUT2D eigenvalue weighted by Gasteiger charge is -2.08. The van der Waals surface area contributed by atoms with E-state index in [2.05, 4.69) is 28.3 Å². The zero-order valence-corrected chi connectivity index (χ0v) is 14.8. The smallest absolute Gasteiger partial charge is 0.331 e. The minimum Gasteiger partial charge on any atom is -0.331 e. The summed E-state index contributed by atoms with van der Waals surface area (Å²) in [6.45, 7) is 2.42. The fourth-order valence-electron chi connectivity index (χ4n) is 2.45. The van der Waals surface area contributed by atoms with E-state index in [0.717, 1.165) is 22.8 Å². The third-order valence-corrected chi connectivity index (χ3v) is 3.69. The number of fused-ring (bicyclic) bond motifs is 1. The molecular weight excluding hydrogens is 338 g/mol. The minimum atomic E-state index is -0.318. The Kier molecular flexibility index (Phi) is 6.71. The van der Waals surface area contributed by atoms with Gasteiger partial charge in [-0.3, -0.25) is 0 Å². The Morgan fingerprint density at radius 1 is 1.20 bits per heavy atom. The molecule has 0 amide bonds. The highest BCUT2D eigenvalue weighted by atomic mass is 35.5. The molecule has 0 aliphatic carbocycles. The van der Waals surface area contributed by atoms with Gasteiger partial charge in [0.05, 0.1) is 12.9 Å². The summed E-state index contributed by atoms with van der Waals surface area (Å²) in [5.41, 5.74) is 1.61. The average Bonchev–Trinajstić information content (AvgIpc) is 3.11. The number of benzene rings is 2.